The fourth-order valence-electron chi connectivity index (χ4n) is 2.18. The summed E-state index contributed by atoms with van der Waals surface area (Å²) < 4.78 is 10.7. The van der Waals surface area contributed by atoms with Gasteiger partial charge in [0.2, 0.25) is 0 Å². The Labute approximate surface area is 160 Å². The van der Waals surface area contributed by atoms with Crippen LogP contribution in [0.4, 0.5) is 5.69 Å². The average Bonchev–Trinajstić information content (AvgIpc) is 2.70. The fraction of sp³-hybridized carbons (Fsp3) is 0.0500. The first-order chi connectivity index (χ1) is 13.1. The van der Waals surface area contributed by atoms with Gasteiger partial charge in [0.25, 0.3) is 5.91 Å². The zero-order valence-corrected chi connectivity index (χ0v) is 14.8. The predicted octanol–water partition coefficient (Wildman–Crippen LogP) is 4.32. The number of nitrogens with zero attached hydrogens (tertiary/aromatic N) is 1. The van der Waals surface area contributed by atoms with Gasteiger partial charge in [0, 0.05) is 11.2 Å². The van der Waals surface area contributed by atoms with Crippen molar-refractivity contribution in [2.75, 3.05) is 11.9 Å². The lowest BCUT2D eigenvalue weighted by atomic mass is 10.2. The van der Waals surface area contributed by atoms with Crippen molar-refractivity contribution in [1.29, 1.82) is 0 Å². The quantitative estimate of drug-likeness (QED) is 0.642. The first-order valence-corrected chi connectivity index (χ1v) is 8.40. The van der Waals surface area contributed by atoms with Crippen LogP contribution in [0.2, 0.25) is 5.02 Å². The molecule has 0 aliphatic carbocycles. The smallest absolute Gasteiger partial charge is 0.357 e. The molecule has 0 spiro atoms. The topological polar surface area (TPSA) is 77.5 Å². The highest BCUT2D eigenvalue weighted by molar-refractivity contribution is 6.31. The number of hydrogen-bond donors (Lipinski definition) is 1. The van der Waals surface area contributed by atoms with E-state index in [1.54, 1.807) is 42.5 Å². The number of rotatable bonds is 6. The third-order valence-electron chi connectivity index (χ3n) is 3.40. The zero-order chi connectivity index (χ0) is 19.1. The van der Waals surface area contributed by atoms with Crippen molar-refractivity contribution >= 4 is 29.2 Å². The van der Waals surface area contributed by atoms with Crippen molar-refractivity contribution in [1.82, 2.24) is 4.98 Å². The highest BCUT2D eigenvalue weighted by Gasteiger charge is 2.13. The van der Waals surface area contributed by atoms with Gasteiger partial charge >= 0.3 is 5.97 Å². The van der Waals surface area contributed by atoms with Crippen molar-refractivity contribution in [3.63, 3.8) is 0 Å². The summed E-state index contributed by atoms with van der Waals surface area (Å²) in [6.07, 6.45) is 1.47. The largest absolute Gasteiger partial charge is 0.455 e. The maximum atomic E-state index is 12.2. The van der Waals surface area contributed by atoms with Crippen LogP contribution in [-0.2, 0) is 9.53 Å². The van der Waals surface area contributed by atoms with E-state index in [0.717, 1.165) is 0 Å². The highest BCUT2D eigenvalue weighted by atomic mass is 35.5. The minimum Gasteiger partial charge on any atom is -0.455 e. The van der Waals surface area contributed by atoms with Crippen LogP contribution in [0.25, 0.3) is 0 Å². The van der Waals surface area contributed by atoms with Crippen LogP contribution in [0, 0.1) is 0 Å². The van der Waals surface area contributed by atoms with Crippen molar-refractivity contribution < 1.29 is 19.1 Å². The first kappa shape index (κ1) is 18.4. The van der Waals surface area contributed by atoms with Crippen LogP contribution in [-0.4, -0.2) is 23.5 Å². The summed E-state index contributed by atoms with van der Waals surface area (Å²) in [5, 5.41) is 3.06. The summed E-state index contributed by atoms with van der Waals surface area (Å²) in [4.78, 5) is 27.9. The van der Waals surface area contributed by atoms with Gasteiger partial charge in [-0.05, 0) is 42.5 Å². The number of anilines is 1. The van der Waals surface area contributed by atoms with E-state index in [1.807, 2.05) is 18.2 Å². The van der Waals surface area contributed by atoms with Crippen LogP contribution in [0.1, 0.15) is 10.5 Å². The van der Waals surface area contributed by atoms with Crippen molar-refractivity contribution in [2.24, 2.45) is 0 Å². The van der Waals surface area contributed by atoms with Gasteiger partial charge < -0.3 is 14.8 Å². The Morgan fingerprint density at radius 1 is 1.00 bits per heavy atom. The summed E-state index contributed by atoms with van der Waals surface area (Å²) in [7, 11) is 0. The SMILES string of the molecule is O=C(COC(=O)c1ccccn1)Nc1cc(Cl)ccc1Oc1ccccc1. The molecule has 0 radical (unpaired) electrons. The Hall–Kier alpha value is -3.38. The van der Waals surface area contributed by atoms with E-state index in [9.17, 15) is 9.59 Å². The van der Waals surface area contributed by atoms with Crippen LogP contribution in [0.3, 0.4) is 0 Å². The lowest BCUT2D eigenvalue weighted by molar-refractivity contribution is -0.119. The van der Waals surface area contributed by atoms with E-state index in [-0.39, 0.29) is 5.69 Å². The number of nitrogens with one attached hydrogen (secondary N) is 1. The predicted molar refractivity (Wildman–Crippen MR) is 101 cm³/mol. The van der Waals surface area contributed by atoms with E-state index < -0.39 is 18.5 Å². The minimum atomic E-state index is -0.683. The maximum Gasteiger partial charge on any atom is 0.357 e. The van der Waals surface area contributed by atoms with E-state index >= 15 is 0 Å². The number of benzene rings is 2. The van der Waals surface area contributed by atoms with Gasteiger partial charge in [0.05, 0.1) is 5.69 Å². The Bertz CT molecular complexity index is 933. The number of halogens is 1. The molecule has 0 saturated heterocycles. The Balaban J connectivity index is 1.65. The molecule has 0 bridgehead atoms. The molecule has 6 nitrogen and oxygen atoms in total. The van der Waals surface area contributed by atoms with E-state index in [4.69, 9.17) is 21.1 Å². The molecule has 1 amide bonds. The zero-order valence-electron chi connectivity index (χ0n) is 14.1. The Morgan fingerprint density at radius 2 is 1.78 bits per heavy atom. The van der Waals surface area contributed by atoms with Gasteiger partial charge in [0.1, 0.15) is 11.4 Å². The lowest BCUT2D eigenvalue weighted by Gasteiger charge is -2.13. The van der Waals surface area contributed by atoms with E-state index in [0.29, 0.717) is 22.2 Å². The summed E-state index contributed by atoms with van der Waals surface area (Å²) in [6.45, 7) is -0.466. The van der Waals surface area contributed by atoms with Crippen molar-refractivity contribution in [3.05, 3.63) is 83.6 Å². The van der Waals surface area contributed by atoms with Crippen LogP contribution < -0.4 is 10.1 Å². The molecule has 1 heterocycles. The van der Waals surface area contributed by atoms with Gasteiger partial charge in [-0.15, -0.1) is 0 Å². The average molecular weight is 383 g/mol. The molecule has 0 unspecified atom stereocenters. The Kier molecular flexibility index (Phi) is 6.02. The molecule has 3 rings (SSSR count). The first-order valence-electron chi connectivity index (χ1n) is 8.02. The lowest BCUT2D eigenvalue weighted by Crippen LogP contribution is -2.21. The molecule has 3 aromatic rings. The van der Waals surface area contributed by atoms with Gasteiger partial charge in [-0.2, -0.15) is 0 Å². The molecule has 7 heteroatoms. The number of ether oxygens (including phenoxy) is 2. The molecular weight excluding hydrogens is 368 g/mol. The van der Waals surface area contributed by atoms with Gasteiger partial charge in [-0.3, -0.25) is 4.79 Å². The number of hydrogen-bond acceptors (Lipinski definition) is 5. The van der Waals surface area contributed by atoms with Gasteiger partial charge in [-0.1, -0.05) is 35.9 Å². The molecule has 136 valence electrons. The van der Waals surface area contributed by atoms with Crippen LogP contribution in [0.15, 0.2) is 72.9 Å². The molecule has 0 fully saturated rings. The second kappa shape index (κ2) is 8.82. The number of carbonyl (C=O) groups excluding carboxylic acids is 2. The second-order valence-corrected chi connectivity index (χ2v) is 5.83. The fourth-order valence-corrected chi connectivity index (χ4v) is 2.35. The van der Waals surface area contributed by atoms with E-state index in [2.05, 4.69) is 10.3 Å². The number of pyridine rings is 1. The molecule has 1 aromatic heterocycles. The number of amides is 1. The second-order valence-electron chi connectivity index (χ2n) is 5.39. The summed E-state index contributed by atoms with van der Waals surface area (Å²) in [6, 6.07) is 18.8. The number of aromatic nitrogens is 1. The Morgan fingerprint density at radius 3 is 2.52 bits per heavy atom. The number of carbonyl (C=O) groups is 2. The standard InChI is InChI=1S/C20H15ClN2O4/c21-14-9-10-18(27-15-6-2-1-3-7-15)17(12-14)23-19(24)13-26-20(25)16-8-4-5-11-22-16/h1-12H,13H2,(H,23,24). The van der Waals surface area contributed by atoms with Gasteiger partial charge in [0.15, 0.2) is 12.4 Å². The summed E-state index contributed by atoms with van der Waals surface area (Å²) in [5.74, 6) is -0.191. The minimum absolute atomic E-state index is 0.126. The third-order valence-corrected chi connectivity index (χ3v) is 3.63. The molecular formula is C20H15ClN2O4. The molecule has 0 atom stereocenters. The van der Waals surface area contributed by atoms with Crippen LogP contribution in [0.5, 0.6) is 11.5 Å². The molecule has 27 heavy (non-hydrogen) atoms. The summed E-state index contributed by atoms with van der Waals surface area (Å²) in [5.41, 5.74) is 0.492. The molecule has 0 aliphatic rings. The van der Waals surface area contributed by atoms with Crippen LogP contribution >= 0.6 is 11.6 Å². The number of esters is 1. The van der Waals surface area contributed by atoms with Crippen molar-refractivity contribution in [3.8, 4) is 11.5 Å². The monoisotopic (exact) mass is 382 g/mol. The van der Waals surface area contributed by atoms with E-state index in [1.165, 1.54) is 12.3 Å². The molecule has 1 N–H and O–H groups in total. The van der Waals surface area contributed by atoms with Gasteiger partial charge in [-0.25, -0.2) is 9.78 Å². The molecule has 0 saturated carbocycles. The highest BCUT2D eigenvalue weighted by Crippen LogP contribution is 2.31. The maximum absolute atomic E-state index is 12.2. The molecule has 2 aromatic carbocycles. The summed E-state index contributed by atoms with van der Waals surface area (Å²) >= 11 is 6.01. The normalized spacial score (nSPS) is 10.1. The third kappa shape index (κ3) is 5.29. The number of para-hydroxylation sites is 1. The van der Waals surface area contributed by atoms with Crippen molar-refractivity contribution in [2.45, 2.75) is 0 Å². The molecule has 0 aliphatic heterocycles.